The molecule has 0 aromatic heterocycles. The molecule has 4 nitrogen and oxygen atoms in total. The summed E-state index contributed by atoms with van der Waals surface area (Å²) < 4.78 is 23.3. The van der Waals surface area contributed by atoms with Crippen LogP contribution < -0.4 is 4.74 Å². The number of hydrogen-bond donors (Lipinski definition) is 0. The van der Waals surface area contributed by atoms with Crippen LogP contribution in [0.2, 0.25) is 0 Å². The lowest BCUT2D eigenvalue weighted by molar-refractivity contribution is -0.142. The monoisotopic (exact) mass is 269 g/mol. The fourth-order valence-electron chi connectivity index (χ4n) is 1.58. The van der Waals surface area contributed by atoms with Gasteiger partial charge < -0.3 is 9.47 Å². The molecule has 0 spiro atoms. The van der Waals surface area contributed by atoms with Crippen molar-refractivity contribution in [3.8, 4) is 5.75 Å². The molecule has 19 heavy (non-hydrogen) atoms. The van der Waals surface area contributed by atoms with Crippen molar-refractivity contribution in [2.75, 3.05) is 26.8 Å². The summed E-state index contributed by atoms with van der Waals surface area (Å²) in [6.07, 6.45) is 0. The van der Waals surface area contributed by atoms with Gasteiger partial charge in [0.05, 0.1) is 13.7 Å². The SMILES string of the molecule is COC(=O)CN(CCOc1ccccc1F)C(C)C. The summed E-state index contributed by atoms with van der Waals surface area (Å²) >= 11 is 0. The van der Waals surface area contributed by atoms with Gasteiger partial charge in [-0.15, -0.1) is 0 Å². The molecule has 0 unspecified atom stereocenters. The van der Waals surface area contributed by atoms with E-state index in [9.17, 15) is 9.18 Å². The molecule has 0 saturated carbocycles. The molecule has 0 aliphatic rings. The van der Waals surface area contributed by atoms with Gasteiger partial charge in [-0.1, -0.05) is 12.1 Å². The third kappa shape index (κ3) is 5.26. The van der Waals surface area contributed by atoms with Crippen molar-refractivity contribution in [1.82, 2.24) is 4.90 Å². The van der Waals surface area contributed by atoms with Crippen LogP contribution >= 0.6 is 0 Å². The van der Waals surface area contributed by atoms with Crippen LogP contribution in [-0.2, 0) is 9.53 Å². The van der Waals surface area contributed by atoms with Crippen LogP contribution in [0.15, 0.2) is 24.3 Å². The van der Waals surface area contributed by atoms with Crippen molar-refractivity contribution < 1.29 is 18.7 Å². The largest absolute Gasteiger partial charge is 0.489 e. The van der Waals surface area contributed by atoms with E-state index in [1.54, 1.807) is 18.2 Å². The number of esters is 1. The predicted octanol–water partition coefficient (Wildman–Crippen LogP) is 2.09. The Bertz CT molecular complexity index is 409. The highest BCUT2D eigenvalue weighted by Gasteiger charge is 2.14. The number of benzene rings is 1. The summed E-state index contributed by atoms with van der Waals surface area (Å²) in [6, 6.07) is 6.44. The number of para-hydroxylation sites is 1. The third-order valence-corrected chi connectivity index (χ3v) is 2.76. The standard InChI is InChI=1S/C14H20FNO3/c1-11(2)16(10-14(17)18-3)8-9-19-13-7-5-4-6-12(13)15/h4-7,11H,8-10H2,1-3H3. The maximum Gasteiger partial charge on any atom is 0.319 e. The van der Waals surface area contributed by atoms with Crippen LogP contribution in [0.1, 0.15) is 13.8 Å². The molecule has 5 heteroatoms. The molecule has 1 aromatic rings. The van der Waals surface area contributed by atoms with E-state index >= 15 is 0 Å². The number of carbonyl (C=O) groups excluding carboxylic acids is 1. The highest BCUT2D eigenvalue weighted by molar-refractivity contribution is 5.71. The van der Waals surface area contributed by atoms with Gasteiger partial charge >= 0.3 is 5.97 Å². The van der Waals surface area contributed by atoms with Crippen LogP contribution in [0, 0.1) is 5.82 Å². The second-order valence-corrected chi connectivity index (χ2v) is 4.42. The Kier molecular flexibility index (Phi) is 6.29. The molecule has 0 aliphatic carbocycles. The number of halogens is 1. The molecule has 106 valence electrons. The van der Waals surface area contributed by atoms with E-state index in [2.05, 4.69) is 4.74 Å². The van der Waals surface area contributed by atoms with Crippen molar-refractivity contribution in [2.45, 2.75) is 19.9 Å². The predicted molar refractivity (Wildman–Crippen MR) is 70.6 cm³/mol. The zero-order valence-electron chi connectivity index (χ0n) is 11.6. The Hall–Kier alpha value is -1.62. The molecular weight excluding hydrogens is 249 g/mol. The van der Waals surface area contributed by atoms with Gasteiger partial charge in [0.15, 0.2) is 11.6 Å². The Morgan fingerprint density at radius 3 is 2.63 bits per heavy atom. The van der Waals surface area contributed by atoms with E-state index < -0.39 is 0 Å². The normalized spacial score (nSPS) is 10.8. The van der Waals surface area contributed by atoms with Crippen molar-refractivity contribution in [3.05, 3.63) is 30.1 Å². The number of ether oxygens (including phenoxy) is 2. The van der Waals surface area contributed by atoms with Crippen LogP contribution in [-0.4, -0.2) is 43.7 Å². The highest BCUT2D eigenvalue weighted by atomic mass is 19.1. The first kappa shape index (κ1) is 15.4. The summed E-state index contributed by atoms with van der Waals surface area (Å²) in [5, 5.41) is 0. The fourth-order valence-corrected chi connectivity index (χ4v) is 1.58. The topological polar surface area (TPSA) is 38.8 Å². The molecule has 0 radical (unpaired) electrons. The summed E-state index contributed by atoms with van der Waals surface area (Å²) in [4.78, 5) is 13.2. The minimum absolute atomic E-state index is 0.184. The van der Waals surface area contributed by atoms with Gasteiger partial charge in [0.2, 0.25) is 0 Å². The van der Waals surface area contributed by atoms with E-state index in [4.69, 9.17) is 4.74 Å². The summed E-state index contributed by atoms with van der Waals surface area (Å²) in [5.41, 5.74) is 0. The van der Waals surface area contributed by atoms with Gasteiger partial charge in [0.25, 0.3) is 0 Å². The van der Waals surface area contributed by atoms with E-state index in [1.165, 1.54) is 13.2 Å². The average molecular weight is 269 g/mol. The lowest BCUT2D eigenvalue weighted by Gasteiger charge is -2.24. The summed E-state index contributed by atoms with van der Waals surface area (Å²) in [5.74, 6) is -0.449. The first-order valence-electron chi connectivity index (χ1n) is 6.22. The minimum Gasteiger partial charge on any atom is -0.489 e. The zero-order valence-corrected chi connectivity index (χ0v) is 11.6. The van der Waals surface area contributed by atoms with Crippen LogP contribution in [0.3, 0.4) is 0 Å². The molecule has 1 aromatic carbocycles. The summed E-state index contributed by atoms with van der Waals surface area (Å²) in [7, 11) is 1.36. The molecular formula is C14H20FNO3. The minimum atomic E-state index is -0.383. The van der Waals surface area contributed by atoms with E-state index in [-0.39, 0.29) is 30.1 Å². The molecule has 0 aliphatic heterocycles. The Morgan fingerprint density at radius 2 is 2.05 bits per heavy atom. The van der Waals surface area contributed by atoms with E-state index in [0.29, 0.717) is 13.2 Å². The quantitative estimate of drug-likeness (QED) is 0.710. The van der Waals surface area contributed by atoms with Crippen LogP contribution in [0.25, 0.3) is 0 Å². The molecule has 0 atom stereocenters. The number of nitrogens with zero attached hydrogens (tertiary/aromatic N) is 1. The molecule has 0 N–H and O–H groups in total. The van der Waals surface area contributed by atoms with Gasteiger partial charge in [0.1, 0.15) is 6.61 Å². The molecule has 0 bridgehead atoms. The molecule has 0 amide bonds. The number of carbonyl (C=O) groups is 1. The number of rotatable bonds is 7. The smallest absolute Gasteiger partial charge is 0.319 e. The van der Waals surface area contributed by atoms with Crippen LogP contribution in [0.5, 0.6) is 5.75 Å². The van der Waals surface area contributed by atoms with Gasteiger partial charge in [0, 0.05) is 12.6 Å². The van der Waals surface area contributed by atoms with Crippen molar-refractivity contribution in [1.29, 1.82) is 0 Å². The number of hydrogen-bond acceptors (Lipinski definition) is 4. The molecule has 0 fully saturated rings. The molecule has 0 saturated heterocycles. The first-order valence-corrected chi connectivity index (χ1v) is 6.22. The fraction of sp³-hybridized carbons (Fsp3) is 0.500. The second-order valence-electron chi connectivity index (χ2n) is 4.42. The van der Waals surface area contributed by atoms with Gasteiger partial charge in [-0.25, -0.2) is 4.39 Å². The average Bonchev–Trinajstić information content (AvgIpc) is 2.39. The van der Waals surface area contributed by atoms with Crippen molar-refractivity contribution in [3.63, 3.8) is 0 Å². The summed E-state index contributed by atoms with van der Waals surface area (Å²) in [6.45, 7) is 5.00. The maximum atomic E-state index is 13.3. The van der Waals surface area contributed by atoms with E-state index in [1.807, 2.05) is 18.7 Å². The maximum absolute atomic E-state index is 13.3. The Balaban J connectivity index is 2.44. The van der Waals surface area contributed by atoms with E-state index in [0.717, 1.165) is 0 Å². The van der Waals surface area contributed by atoms with Gasteiger partial charge in [-0.2, -0.15) is 0 Å². The Morgan fingerprint density at radius 1 is 1.37 bits per heavy atom. The number of methoxy groups -OCH3 is 1. The first-order chi connectivity index (χ1) is 9.04. The second kappa shape index (κ2) is 7.74. The lowest BCUT2D eigenvalue weighted by Crippen LogP contribution is -2.39. The molecule has 1 rings (SSSR count). The lowest BCUT2D eigenvalue weighted by atomic mass is 10.3. The Labute approximate surface area is 113 Å². The highest BCUT2D eigenvalue weighted by Crippen LogP contribution is 2.15. The third-order valence-electron chi connectivity index (χ3n) is 2.76. The van der Waals surface area contributed by atoms with Crippen molar-refractivity contribution >= 4 is 5.97 Å². The zero-order chi connectivity index (χ0) is 14.3. The van der Waals surface area contributed by atoms with Crippen molar-refractivity contribution in [2.24, 2.45) is 0 Å². The molecule has 0 heterocycles. The van der Waals surface area contributed by atoms with Gasteiger partial charge in [-0.05, 0) is 26.0 Å². The van der Waals surface area contributed by atoms with Crippen LogP contribution in [0.4, 0.5) is 4.39 Å². The van der Waals surface area contributed by atoms with Gasteiger partial charge in [-0.3, -0.25) is 9.69 Å².